The Kier molecular flexibility index (Phi) is 3.50. The number of halogens is 1. The number of β-amino-alcohol motifs (C(OH)–C–C–N with tert-alkyl or cyclic N) is 1. The van der Waals surface area contributed by atoms with Crippen molar-refractivity contribution in [3.63, 3.8) is 0 Å². The molecule has 0 aromatic heterocycles. The van der Waals surface area contributed by atoms with Crippen LogP contribution < -0.4 is 0 Å². The van der Waals surface area contributed by atoms with Crippen molar-refractivity contribution in [1.82, 2.24) is 4.90 Å². The minimum atomic E-state index is -0.368. The summed E-state index contributed by atoms with van der Waals surface area (Å²) in [5.74, 6) is -0.0762. The molecule has 0 aliphatic carbocycles. The number of nitrogens with zero attached hydrogens (tertiary/aromatic N) is 1. The minimum absolute atomic E-state index is 0.0762. The summed E-state index contributed by atoms with van der Waals surface area (Å²) in [5.41, 5.74) is 1.70. The van der Waals surface area contributed by atoms with E-state index in [4.69, 9.17) is 16.7 Å². The molecule has 1 aromatic carbocycles. The first kappa shape index (κ1) is 12.1. The molecule has 17 heavy (non-hydrogen) atoms. The molecule has 1 saturated heterocycles. The van der Waals surface area contributed by atoms with Gasteiger partial charge in [-0.15, -0.1) is 0 Å². The number of carbonyl (C=O) groups is 1. The Morgan fingerprint density at radius 2 is 2.12 bits per heavy atom. The fraction of sp³-hybridized carbons (Fsp3) is 0.308. The number of hydrogen-bond acceptors (Lipinski definition) is 2. The molecule has 0 unspecified atom stereocenters. The van der Waals surface area contributed by atoms with Crippen molar-refractivity contribution in [3.8, 4) is 0 Å². The molecule has 1 fully saturated rings. The molecule has 90 valence electrons. The van der Waals surface area contributed by atoms with Crippen molar-refractivity contribution in [3.05, 3.63) is 40.9 Å². The van der Waals surface area contributed by atoms with Gasteiger partial charge in [0.1, 0.15) is 0 Å². The standard InChI is InChI=1S/C13H14ClNO2/c1-9(11-4-2-3-5-12(11)14)6-13(17)15-7-10(16)8-15/h2-6,10,16H,7-8H2,1H3/b9-6-. The SMILES string of the molecule is C/C(=C/C(=O)N1CC(O)C1)c1ccccc1Cl. The number of amides is 1. The lowest BCUT2D eigenvalue weighted by Crippen LogP contribution is -2.53. The molecule has 1 aromatic rings. The smallest absolute Gasteiger partial charge is 0.247 e. The second kappa shape index (κ2) is 4.90. The fourth-order valence-corrected chi connectivity index (χ4v) is 2.06. The molecule has 1 aliphatic heterocycles. The maximum atomic E-state index is 11.8. The third-order valence-electron chi connectivity index (χ3n) is 2.81. The summed E-state index contributed by atoms with van der Waals surface area (Å²) in [7, 11) is 0. The van der Waals surface area contributed by atoms with E-state index in [1.807, 2.05) is 25.1 Å². The van der Waals surface area contributed by atoms with Crippen LogP contribution in [0, 0.1) is 0 Å². The zero-order valence-corrected chi connectivity index (χ0v) is 10.3. The molecule has 0 radical (unpaired) electrons. The summed E-state index contributed by atoms with van der Waals surface area (Å²) in [4.78, 5) is 13.4. The average Bonchev–Trinajstić information content (AvgIpc) is 2.25. The number of likely N-dealkylation sites (tertiary alicyclic amines) is 1. The Morgan fingerprint density at radius 3 is 2.71 bits per heavy atom. The van der Waals surface area contributed by atoms with Crippen LogP contribution in [-0.4, -0.2) is 35.1 Å². The van der Waals surface area contributed by atoms with E-state index < -0.39 is 0 Å². The lowest BCUT2D eigenvalue weighted by molar-refractivity contribution is -0.135. The van der Waals surface area contributed by atoms with Gasteiger partial charge in [-0.2, -0.15) is 0 Å². The monoisotopic (exact) mass is 251 g/mol. The molecule has 0 atom stereocenters. The Bertz CT molecular complexity index is 464. The van der Waals surface area contributed by atoms with Gasteiger partial charge in [0.05, 0.1) is 6.10 Å². The molecule has 1 N–H and O–H groups in total. The summed E-state index contributed by atoms with van der Waals surface area (Å²) in [5, 5.41) is 9.76. The van der Waals surface area contributed by atoms with E-state index in [0.29, 0.717) is 18.1 Å². The van der Waals surface area contributed by atoms with Crippen LogP contribution in [0.5, 0.6) is 0 Å². The van der Waals surface area contributed by atoms with Crippen LogP contribution in [-0.2, 0) is 4.79 Å². The van der Waals surface area contributed by atoms with E-state index in [0.717, 1.165) is 11.1 Å². The first-order valence-corrected chi connectivity index (χ1v) is 5.86. The van der Waals surface area contributed by atoms with Gasteiger partial charge in [-0.1, -0.05) is 29.8 Å². The Hall–Kier alpha value is -1.32. The highest BCUT2D eigenvalue weighted by molar-refractivity contribution is 6.32. The third kappa shape index (κ3) is 2.68. The number of hydrogen-bond donors (Lipinski definition) is 1. The Labute approximate surface area is 105 Å². The zero-order chi connectivity index (χ0) is 12.4. The number of carbonyl (C=O) groups excluding carboxylic acids is 1. The number of benzene rings is 1. The normalized spacial score (nSPS) is 16.9. The van der Waals surface area contributed by atoms with Crippen LogP contribution in [0.2, 0.25) is 5.02 Å². The lowest BCUT2D eigenvalue weighted by atomic mass is 10.1. The second-order valence-corrected chi connectivity index (χ2v) is 4.61. The minimum Gasteiger partial charge on any atom is -0.389 e. The van der Waals surface area contributed by atoms with Gasteiger partial charge < -0.3 is 10.0 Å². The maximum Gasteiger partial charge on any atom is 0.247 e. The van der Waals surface area contributed by atoms with Gasteiger partial charge in [0.2, 0.25) is 5.91 Å². The number of rotatable bonds is 2. The summed E-state index contributed by atoms with van der Waals surface area (Å²) in [6.45, 7) is 2.70. The number of aliphatic hydroxyl groups excluding tert-OH is 1. The summed E-state index contributed by atoms with van der Waals surface area (Å²) in [6.07, 6.45) is 1.19. The summed E-state index contributed by atoms with van der Waals surface area (Å²) >= 11 is 6.05. The van der Waals surface area contributed by atoms with Crippen molar-refractivity contribution < 1.29 is 9.90 Å². The van der Waals surface area contributed by atoms with Gasteiger partial charge in [-0.3, -0.25) is 4.79 Å². The number of aliphatic hydroxyl groups is 1. The van der Waals surface area contributed by atoms with E-state index in [9.17, 15) is 4.79 Å². The number of allylic oxidation sites excluding steroid dienone is 1. The predicted molar refractivity (Wildman–Crippen MR) is 67.7 cm³/mol. The van der Waals surface area contributed by atoms with E-state index >= 15 is 0 Å². The molecule has 1 heterocycles. The molecule has 4 heteroatoms. The first-order chi connectivity index (χ1) is 8.08. The molecular weight excluding hydrogens is 238 g/mol. The molecule has 1 amide bonds. The largest absolute Gasteiger partial charge is 0.389 e. The van der Waals surface area contributed by atoms with Gasteiger partial charge in [0.25, 0.3) is 0 Å². The van der Waals surface area contributed by atoms with Crippen LogP contribution in [0.15, 0.2) is 30.3 Å². The first-order valence-electron chi connectivity index (χ1n) is 5.48. The highest BCUT2D eigenvalue weighted by Crippen LogP contribution is 2.23. The molecule has 0 saturated carbocycles. The highest BCUT2D eigenvalue weighted by atomic mass is 35.5. The highest BCUT2D eigenvalue weighted by Gasteiger charge is 2.27. The van der Waals surface area contributed by atoms with E-state index in [1.165, 1.54) is 0 Å². The Balaban J connectivity index is 2.12. The Morgan fingerprint density at radius 1 is 1.47 bits per heavy atom. The van der Waals surface area contributed by atoms with Crippen LogP contribution in [0.25, 0.3) is 5.57 Å². The van der Waals surface area contributed by atoms with E-state index in [2.05, 4.69) is 0 Å². The van der Waals surface area contributed by atoms with Gasteiger partial charge in [-0.05, 0) is 24.1 Å². The topological polar surface area (TPSA) is 40.5 Å². The maximum absolute atomic E-state index is 11.8. The van der Waals surface area contributed by atoms with Gasteiger partial charge in [0, 0.05) is 24.2 Å². The van der Waals surface area contributed by atoms with Crippen LogP contribution in [0.3, 0.4) is 0 Å². The third-order valence-corrected chi connectivity index (χ3v) is 3.14. The second-order valence-electron chi connectivity index (χ2n) is 4.20. The fourth-order valence-electron chi connectivity index (χ4n) is 1.77. The molecule has 0 spiro atoms. The predicted octanol–water partition coefficient (Wildman–Crippen LogP) is 1.95. The van der Waals surface area contributed by atoms with E-state index in [-0.39, 0.29) is 12.0 Å². The molecule has 0 bridgehead atoms. The van der Waals surface area contributed by atoms with Gasteiger partial charge >= 0.3 is 0 Å². The molecule has 2 rings (SSSR count). The summed E-state index contributed by atoms with van der Waals surface area (Å²) < 4.78 is 0. The van der Waals surface area contributed by atoms with Crippen molar-refractivity contribution in [2.75, 3.05) is 13.1 Å². The van der Waals surface area contributed by atoms with Crippen LogP contribution in [0.1, 0.15) is 12.5 Å². The van der Waals surface area contributed by atoms with Crippen molar-refractivity contribution >= 4 is 23.1 Å². The quantitative estimate of drug-likeness (QED) is 0.817. The van der Waals surface area contributed by atoms with Crippen LogP contribution in [0.4, 0.5) is 0 Å². The average molecular weight is 252 g/mol. The van der Waals surface area contributed by atoms with Gasteiger partial charge in [-0.25, -0.2) is 0 Å². The van der Waals surface area contributed by atoms with Crippen molar-refractivity contribution in [1.29, 1.82) is 0 Å². The van der Waals surface area contributed by atoms with Gasteiger partial charge in [0.15, 0.2) is 0 Å². The molecular formula is C13H14ClNO2. The zero-order valence-electron chi connectivity index (χ0n) is 9.56. The van der Waals surface area contributed by atoms with Crippen molar-refractivity contribution in [2.24, 2.45) is 0 Å². The molecule has 1 aliphatic rings. The van der Waals surface area contributed by atoms with E-state index in [1.54, 1.807) is 17.0 Å². The van der Waals surface area contributed by atoms with Crippen LogP contribution >= 0.6 is 11.6 Å². The lowest BCUT2D eigenvalue weighted by Gasteiger charge is -2.35. The molecule has 3 nitrogen and oxygen atoms in total. The van der Waals surface area contributed by atoms with Crippen molar-refractivity contribution in [2.45, 2.75) is 13.0 Å². The summed E-state index contributed by atoms with van der Waals surface area (Å²) in [6, 6.07) is 7.42.